The number of hydrogen-bond acceptors (Lipinski definition) is 4. The third kappa shape index (κ3) is 6.99. The Morgan fingerprint density at radius 3 is 1.77 bits per heavy atom. The van der Waals surface area contributed by atoms with E-state index in [0.717, 1.165) is 23.3 Å². The smallest absolute Gasteiger partial charge is 0.321 e. The molecule has 39 heavy (non-hydrogen) atoms. The maximum Gasteiger partial charge on any atom is 0.416 e. The molecular formula is C29H21F3N2O4S. The summed E-state index contributed by atoms with van der Waals surface area (Å²) in [4.78, 5) is 24.9. The molecule has 0 atom stereocenters. The van der Waals surface area contributed by atoms with E-state index in [1.54, 1.807) is 24.3 Å². The number of para-hydroxylation sites is 1. The minimum atomic E-state index is -4.60. The Morgan fingerprint density at radius 1 is 0.641 bits per heavy atom. The van der Waals surface area contributed by atoms with E-state index in [4.69, 9.17) is 0 Å². The number of amides is 2. The molecule has 4 rings (SSSR count). The number of alkyl halides is 3. The van der Waals surface area contributed by atoms with Crippen LogP contribution in [0.1, 0.15) is 37.4 Å². The molecule has 6 nitrogen and oxygen atoms in total. The van der Waals surface area contributed by atoms with E-state index in [0.29, 0.717) is 12.1 Å². The predicted molar refractivity (Wildman–Crippen MR) is 142 cm³/mol. The Morgan fingerprint density at radius 2 is 1.15 bits per heavy atom. The number of rotatable bonds is 7. The lowest BCUT2D eigenvalue weighted by atomic mass is 10.1. The highest BCUT2D eigenvalue weighted by Gasteiger charge is 2.30. The highest BCUT2D eigenvalue weighted by molar-refractivity contribution is 7.90. The molecular weight excluding hydrogens is 529 g/mol. The van der Waals surface area contributed by atoms with Gasteiger partial charge in [-0.15, -0.1) is 0 Å². The summed E-state index contributed by atoms with van der Waals surface area (Å²) in [5.74, 6) is -1.70. The predicted octanol–water partition coefficient (Wildman–Crippen LogP) is 6.25. The summed E-state index contributed by atoms with van der Waals surface area (Å²) in [6.07, 6.45) is -0.787. The highest BCUT2D eigenvalue weighted by atomic mass is 32.2. The van der Waals surface area contributed by atoms with Crippen LogP contribution in [0.4, 0.5) is 18.9 Å². The van der Waals surface area contributed by atoms with E-state index >= 15 is 0 Å². The molecule has 198 valence electrons. The largest absolute Gasteiger partial charge is 0.416 e. The van der Waals surface area contributed by atoms with Crippen LogP contribution in [-0.4, -0.2) is 20.2 Å². The number of carbonyl (C=O) groups excluding carboxylic acids is 2. The van der Waals surface area contributed by atoms with E-state index in [9.17, 15) is 31.2 Å². The molecule has 2 N–H and O–H groups in total. The molecule has 0 aliphatic heterocycles. The Kier molecular flexibility index (Phi) is 7.96. The SMILES string of the molecule is O=C(Nc1ccccc1S(=O)(=O)NC(=O)c1ccc(C(F)(F)F)cc1)c1ccc(/C=C/c2ccccc2)cc1. The Labute approximate surface area is 222 Å². The number of hydrogen-bond donors (Lipinski definition) is 2. The van der Waals surface area contributed by atoms with Crippen molar-refractivity contribution in [2.75, 3.05) is 5.32 Å². The van der Waals surface area contributed by atoms with Gasteiger partial charge in [0.2, 0.25) is 0 Å². The fourth-order valence-electron chi connectivity index (χ4n) is 3.55. The molecule has 0 unspecified atom stereocenters. The highest BCUT2D eigenvalue weighted by Crippen LogP contribution is 2.29. The summed E-state index contributed by atoms with van der Waals surface area (Å²) in [6.45, 7) is 0. The molecule has 10 heteroatoms. The maximum absolute atomic E-state index is 12.9. The average molecular weight is 551 g/mol. The zero-order valence-corrected chi connectivity index (χ0v) is 21.0. The van der Waals surface area contributed by atoms with Crippen LogP contribution in [0.15, 0.2) is 108 Å². The molecule has 0 bridgehead atoms. The second-order valence-corrected chi connectivity index (χ2v) is 9.98. The molecule has 4 aromatic carbocycles. The summed E-state index contributed by atoms with van der Waals surface area (Å²) in [5.41, 5.74) is 0.799. The fourth-order valence-corrected chi connectivity index (χ4v) is 4.69. The molecule has 0 spiro atoms. The lowest BCUT2D eigenvalue weighted by Gasteiger charge is -2.13. The monoisotopic (exact) mass is 550 g/mol. The number of carbonyl (C=O) groups is 2. The minimum absolute atomic E-state index is 0.0803. The summed E-state index contributed by atoms with van der Waals surface area (Å²) in [7, 11) is -4.49. The molecule has 0 aromatic heterocycles. The number of nitrogens with one attached hydrogen (secondary N) is 2. The fraction of sp³-hybridized carbons (Fsp3) is 0.0345. The molecule has 2 amide bonds. The molecule has 0 saturated carbocycles. The molecule has 0 heterocycles. The zero-order chi connectivity index (χ0) is 28.0. The van der Waals surface area contributed by atoms with Crippen LogP contribution in [-0.2, 0) is 16.2 Å². The standard InChI is InChI=1S/C29H21F3N2O4S/c30-29(31,32)24-18-16-23(17-19-24)28(36)34-39(37,38)26-9-5-4-8-25(26)33-27(35)22-14-12-21(13-15-22)11-10-20-6-2-1-3-7-20/h1-19H,(H,33,35)(H,34,36)/b11-10+. The van der Waals surface area contributed by atoms with Gasteiger partial charge in [0, 0.05) is 11.1 Å². The second kappa shape index (κ2) is 11.4. The summed E-state index contributed by atoms with van der Waals surface area (Å²) < 4.78 is 66.0. The van der Waals surface area contributed by atoms with Crippen LogP contribution < -0.4 is 10.0 Å². The quantitative estimate of drug-likeness (QED) is 0.266. The first-order chi connectivity index (χ1) is 18.5. The zero-order valence-electron chi connectivity index (χ0n) is 20.1. The van der Waals surface area contributed by atoms with Crippen LogP contribution >= 0.6 is 0 Å². The van der Waals surface area contributed by atoms with Crippen molar-refractivity contribution in [3.63, 3.8) is 0 Å². The molecule has 4 aromatic rings. The summed E-state index contributed by atoms with van der Waals surface area (Å²) in [6, 6.07) is 24.9. The van der Waals surface area contributed by atoms with Crippen molar-refractivity contribution >= 4 is 39.7 Å². The van der Waals surface area contributed by atoms with E-state index in [1.807, 2.05) is 47.2 Å². The molecule has 0 aliphatic rings. The van der Waals surface area contributed by atoms with E-state index in [2.05, 4.69) is 5.32 Å². The third-order valence-corrected chi connectivity index (χ3v) is 6.96. The van der Waals surface area contributed by atoms with Crippen LogP contribution in [0.5, 0.6) is 0 Å². The van der Waals surface area contributed by atoms with E-state index in [1.165, 1.54) is 24.3 Å². The first-order valence-corrected chi connectivity index (χ1v) is 13.0. The van der Waals surface area contributed by atoms with Crippen molar-refractivity contribution in [2.45, 2.75) is 11.1 Å². The Balaban J connectivity index is 1.47. The second-order valence-electron chi connectivity index (χ2n) is 8.33. The number of sulfonamides is 1. The van der Waals surface area contributed by atoms with Crippen LogP contribution in [0.3, 0.4) is 0 Å². The lowest BCUT2D eigenvalue weighted by molar-refractivity contribution is -0.137. The number of anilines is 1. The first kappa shape index (κ1) is 27.3. The van der Waals surface area contributed by atoms with Crippen molar-refractivity contribution in [2.24, 2.45) is 0 Å². The molecule has 0 aliphatic carbocycles. The van der Waals surface area contributed by atoms with Gasteiger partial charge < -0.3 is 5.32 Å². The van der Waals surface area contributed by atoms with Crippen LogP contribution in [0.25, 0.3) is 12.2 Å². The lowest BCUT2D eigenvalue weighted by Crippen LogP contribution is -2.31. The normalized spacial score (nSPS) is 11.8. The van der Waals surface area contributed by atoms with E-state index in [-0.39, 0.29) is 21.7 Å². The Bertz CT molecular complexity index is 1620. The van der Waals surface area contributed by atoms with Crippen LogP contribution in [0, 0.1) is 0 Å². The van der Waals surface area contributed by atoms with Gasteiger partial charge in [0.25, 0.3) is 21.8 Å². The van der Waals surface area contributed by atoms with Gasteiger partial charge >= 0.3 is 6.18 Å². The Hall–Kier alpha value is -4.70. The van der Waals surface area contributed by atoms with Gasteiger partial charge in [0.15, 0.2) is 0 Å². The van der Waals surface area contributed by atoms with Gasteiger partial charge in [-0.2, -0.15) is 13.2 Å². The summed E-state index contributed by atoms with van der Waals surface area (Å²) in [5, 5.41) is 2.53. The molecule has 0 radical (unpaired) electrons. The van der Waals surface area contributed by atoms with E-state index < -0.39 is 33.6 Å². The van der Waals surface area contributed by atoms with Crippen molar-refractivity contribution in [1.29, 1.82) is 0 Å². The van der Waals surface area contributed by atoms with Gasteiger partial charge in [-0.05, 0) is 59.7 Å². The average Bonchev–Trinajstić information content (AvgIpc) is 2.92. The summed E-state index contributed by atoms with van der Waals surface area (Å²) >= 11 is 0. The number of halogens is 3. The molecule has 0 saturated heterocycles. The van der Waals surface area contributed by atoms with Gasteiger partial charge in [0.1, 0.15) is 4.90 Å². The van der Waals surface area contributed by atoms with Crippen molar-refractivity contribution in [3.8, 4) is 0 Å². The maximum atomic E-state index is 12.9. The minimum Gasteiger partial charge on any atom is -0.321 e. The third-order valence-electron chi connectivity index (χ3n) is 5.57. The van der Waals surface area contributed by atoms with Crippen molar-refractivity contribution in [1.82, 2.24) is 4.72 Å². The van der Waals surface area contributed by atoms with Gasteiger partial charge in [-0.25, -0.2) is 13.1 Å². The topological polar surface area (TPSA) is 92.3 Å². The van der Waals surface area contributed by atoms with Gasteiger partial charge in [0.05, 0.1) is 11.3 Å². The van der Waals surface area contributed by atoms with Crippen molar-refractivity contribution < 1.29 is 31.2 Å². The first-order valence-electron chi connectivity index (χ1n) is 11.5. The molecule has 0 fully saturated rings. The van der Waals surface area contributed by atoms with Gasteiger partial charge in [-0.3, -0.25) is 9.59 Å². The van der Waals surface area contributed by atoms with Gasteiger partial charge in [-0.1, -0.05) is 66.7 Å². The number of benzene rings is 4. The van der Waals surface area contributed by atoms with Crippen LogP contribution in [0.2, 0.25) is 0 Å². The van der Waals surface area contributed by atoms with Crippen molar-refractivity contribution in [3.05, 3.63) is 131 Å².